The van der Waals surface area contributed by atoms with E-state index < -0.39 is 0 Å². The average Bonchev–Trinajstić information content (AvgIpc) is 3.61. The predicted octanol–water partition coefficient (Wildman–Crippen LogP) is 13.8. The monoisotopic (exact) mass is 641 g/mol. The minimum absolute atomic E-state index is 0.105. The molecule has 0 aliphatic carbocycles. The molecular formula is C48H31NO. The van der Waals surface area contributed by atoms with Crippen LogP contribution in [0.15, 0.2) is 192 Å². The Morgan fingerprint density at radius 1 is 0.420 bits per heavy atom. The summed E-state index contributed by atoms with van der Waals surface area (Å²) in [5.74, 6) is 0. The van der Waals surface area contributed by atoms with Crippen LogP contribution in [0, 0.1) is 0 Å². The number of hydrogen-bond acceptors (Lipinski definition) is 2. The molecule has 0 atom stereocenters. The summed E-state index contributed by atoms with van der Waals surface area (Å²) in [6.07, 6.45) is 0. The maximum atomic E-state index is 9.63. The fourth-order valence-electron chi connectivity index (χ4n) is 7.31. The molecule has 0 unspecified atom stereocenters. The highest BCUT2D eigenvalue weighted by Crippen LogP contribution is 2.45. The molecule has 0 radical (unpaired) electrons. The lowest BCUT2D eigenvalue weighted by molar-refractivity contribution is 0.672. The van der Waals surface area contributed by atoms with Gasteiger partial charge in [-0.15, -0.1) is 0 Å². The van der Waals surface area contributed by atoms with Crippen molar-refractivity contribution in [2.45, 2.75) is 0 Å². The third-order valence-electron chi connectivity index (χ3n) is 9.68. The molecule has 0 saturated carbocycles. The van der Waals surface area contributed by atoms with E-state index in [0.29, 0.717) is 22.5 Å². The molecule has 10 aromatic rings. The molecule has 0 saturated heterocycles. The number of rotatable bonds is 5. The summed E-state index contributed by atoms with van der Waals surface area (Å²) in [6.45, 7) is 0. The number of hydrogen-bond donors (Lipinski definition) is 0. The summed E-state index contributed by atoms with van der Waals surface area (Å²) in [5.41, 5.74) is 5.89. The smallest absolute Gasteiger partial charge is 0.143 e. The topological polar surface area (TPSA) is 16.4 Å². The zero-order chi connectivity index (χ0) is 36.5. The van der Waals surface area contributed by atoms with E-state index in [1.165, 1.54) is 0 Å². The highest BCUT2D eigenvalue weighted by molar-refractivity contribution is 6.19. The molecule has 234 valence electrons. The van der Waals surface area contributed by atoms with Gasteiger partial charge in [0.1, 0.15) is 11.2 Å². The van der Waals surface area contributed by atoms with Gasteiger partial charge in [-0.1, -0.05) is 139 Å². The largest absolute Gasteiger partial charge is 0.455 e. The Balaban J connectivity index is 1.26. The van der Waals surface area contributed by atoms with Crippen LogP contribution in [-0.4, -0.2) is 0 Å². The molecule has 1 aromatic heterocycles. The van der Waals surface area contributed by atoms with Crippen LogP contribution in [0.4, 0.5) is 17.1 Å². The normalized spacial score (nSPS) is 12.7. The van der Waals surface area contributed by atoms with E-state index >= 15 is 0 Å². The fourth-order valence-corrected chi connectivity index (χ4v) is 7.31. The number of furan rings is 1. The van der Waals surface area contributed by atoms with Gasteiger partial charge in [-0.05, 0) is 97.7 Å². The van der Waals surface area contributed by atoms with E-state index in [-0.39, 0.29) is 35.4 Å². The Labute approximate surface area is 295 Å². The minimum Gasteiger partial charge on any atom is -0.455 e. The molecule has 0 aliphatic heterocycles. The molecule has 10 rings (SSSR count). The number of benzene rings is 9. The third kappa shape index (κ3) is 4.65. The molecule has 0 N–H and O–H groups in total. The maximum Gasteiger partial charge on any atom is 0.143 e. The lowest BCUT2D eigenvalue weighted by atomic mass is 9.97. The first-order chi connectivity index (χ1) is 26.5. The summed E-state index contributed by atoms with van der Waals surface area (Å²) in [4.78, 5) is 1.88. The Kier molecular flexibility index (Phi) is 5.64. The second-order valence-electron chi connectivity index (χ2n) is 12.6. The van der Waals surface area contributed by atoms with Crippen molar-refractivity contribution in [2.24, 2.45) is 0 Å². The Morgan fingerprint density at radius 2 is 1.10 bits per heavy atom. The zero-order valence-electron chi connectivity index (χ0n) is 30.9. The third-order valence-corrected chi connectivity index (χ3v) is 9.68. The first-order valence-corrected chi connectivity index (χ1v) is 16.8. The second kappa shape index (κ2) is 11.5. The summed E-state index contributed by atoms with van der Waals surface area (Å²) in [5, 5.41) is 8.03. The molecule has 0 fully saturated rings. The van der Waals surface area contributed by atoms with Crippen molar-refractivity contribution in [1.29, 1.82) is 0 Å². The van der Waals surface area contributed by atoms with Crippen LogP contribution in [0.1, 0.15) is 5.48 Å². The van der Waals surface area contributed by atoms with Gasteiger partial charge >= 0.3 is 0 Å². The molecule has 50 heavy (non-hydrogen) atoms. The second-order valence-corrected chi connectivity index (χ2v) is 12.6. The summed E-state index contributed by atoms with van der Waals surface area (Å²) < 4.78 is 44.7. The van der Waals surface area contributed by atoms with Crippen molar-refractivity contribution in [1.82, 2.24) is 0 Å². The van der Waals surface area contributed by atoms with Gasteiger partial charge in [0.05, 0.1) is 16.6 Å². The van der Waals surface area contributed by atoms with E-state index in [2.05, 4.69) is 66.7 Å². The minimum atomic E-state index is -0.134. The molecule has 2 heteroatoms. The van der Waals surface area contributed by atoms with E-state index in [0.717, 1.165) is 59.8 Å². The van der Waals surface area contributed by atoms with Crippen LogP contribution in [0.2, 0.25) is 0 Å². The first-order valence-electron chi connectivity index (χ1n) is 18.8. The van der Waals surface area contributed by atoms with Gasteiger partial charge in [-0.2, -0.15) is 0 Å². The van der Waals surface area contributed by atoms with E-state index in [9.17, 15) is 5.48 Å². The lowest BCUT2D eigenvalue weighted by Crippen LogP contribution is -2.10. The van der Waals surface area contributed by atoms with Gasteiger partial charge in [-0.25, -0.2) is 0 Å². The molecule has 0 amide bonds. The summed E-state index contributed by atoms with van der Waals surface area (Å²) >= 11 is 0. The molecule has 2 nitrogen and oxygen atoms in total. The number of anilines is 3. The van der Waals surface area contributed by atoms with Crippen LogP contribution in [0.25, 0.3) is 76.5 Å². The molecule has 0 aliphatic rings. The number of fused-ring (bicyclic) bond motifs is 7. The van der Waals surface area contributed by atoms with Gasteiger partial charge in [0.15, 0.2) is 0 Å². The molecule has 0 bridgehead atoms. The van der Waals surface area contributed by atoms with E-state index in [4.69, 9.17) is 4.42 Å². The molecule has 1 heterocycles. The van der Waals surface area contributed by atoms with Crippen LogP contribution >= 0.6 is 0 Å². The SMILES string of the molecule is [2H]c1c([2H])c(N(c2cccc(-c3cccc4ccccc34)c2)c2cccc3oc4c5ccccc5ccc4c23)c([2H])c([2H])c1-c1ccc2ccccc2c1. The Bertz CT molecular complexity index is 3100. The zero-order valence-corrected chi connectivity index (χ0v) is 26.9. The van der Waals surface area contributed by atoms with Gasteiger partial charge < -0.3 is 9.32 Å². The van der Waals surface area contributed by atoms with E-state index in [1.807, 2.05) is 102 Å². The van der Waals surface area contributed by atoms with Crippen LogP contribution in [0.3, 0.4) is 0 Å². The maximum absolute atomic E-state index is 9.63. The van der Waals surface area contributed by atoms with Crippen molar-refractivity contribution in [3.8, 4) is 22.3 Å². The summed E-state index contributed by atoms with van der Waals surface area (Å²) in [7, 11) is 0. The average molecular weight is 642 g/mol. The molecule has 9 aromatic carbocycles. The first kappa shape index (κ1) is 24.5. The van der Waals surface area contributed by atoms with Gasteiger partial charge in [0, 0.05) is 22.1 Å². The van der Waals surface area contributed by atoms with Gasteiger partial charge in [0.25, 0.3) is 0 Å². The Morgan fingerprint density at radius 3 is 1.96 bits per heavy atom. The highest BCUT2D eigenvalue weighted by atomic mass is 16.3. The summed E-state index contributed by atoms with van der Waals surface area (Å²) in [6, 6.07) is 54.0. The van der Waals surface area contributed by atoms with Crippen LogP contribution in [-0.2, 0) is 0 Å². The fraction of sp³-hybridized carbons (Fsp3) is 0. The standard InChI is InChI=1S/C48H31NO/c1-2-13-36-30-37(23-22-32(36)10-1)33-24-27-39(28-25-33)49(40-16-7-15-38(31-40)42-19-8-14-34-11-3-5-17-41(34)42)45-20-9-21-46-47(45)44-29-26-35-12-4-6-18-43(35)48(44)50-46/h1-31H/i24D,25D,27D,28D. The molecule has 0 spiro atoms. The van der Waals surface area contributed by atoms with Crippen molar-refractivity contribution in [2.75, 3.05) is 4.90 Å². The number of nitrogens with zero attached hydrogens (tertiary/aromatic N) is 1. The lowest BCUT2D eigenvalue weighted by Gasteiger charge is -2.27. The molecular weight excluding hydrogens is 607 g/mol. The Hall–Kier alpha value is -6.64. The van der Waals surface area contributed by atoms with Crippen molar-refractivity contribution in [3.05, 3.63) is 188 Å². The van der Waals surface area contributed by atoms with Gasteiger partial charge in [0.2, 0.25) is 0 Å². The quantitative estimate of drug-likeness (QED) is 0.186. The van der Waals surface area contributed by atoms with Crippen molar-refractivity contribution >= 4 is 71.3 Å². The van der Waals surface area contributed by atoms with Crippen molar-refractivity contribution < 1.29 is 9.90 Å². The van der Waals surface area contributed by atoms with Crippen molar-refractivity contribution in [3.63, 3.8) is 0 Å². The van der Waals surface area contributed by atoms with E-state index in [1.54, 1.807) is 0 Å². The van der Waals surface area contributed by atoms with Crippen LogP contribution in [0.5, 0.6) is 0 Å². The highest BCUT2D eigenvalue weighted by Gasteiger charge is 2.21. The van der Waals surface area contributed by atoms with Crippen LogP contribution < -0.4 is 4.90 Å². The predicted molar refractivity (Wildman–Crippen MR) is 212 cm³/mol. The van der Waals surface area contributed by atoms with Gasteiger partial charge in [-0.3, -0.25) is 0 Å².